The van der Waals surface area contributed by atoms with Crippen LogP contribution in [0.5, 0.6) is 0 Å². The molecule has 1 aromatic heterocycles. The number of hydrogen-bond acceptors (Lipinski definition) is 2. The summed E-state index contributed by atoms with van der Waals surface area (Å²) in [5.74, 6) is 0. The summed E-state index contributed by atoms with van der Waals surface area (Å²) >= 11 is 0. The highest BCUT2D eigenvalue weighted by Gasteiger charge is 2.17. The first-order chi connectivity index (χ1) is 28.7. The first-order valence-corrected chi connectivity index (χ1v) is 20.1. The summed E-state index contributed by atoms with van der Waals surface area (Å²) in [6.45, 7) is 0. The zero-order valence-electron chi connectivity index (χ0n) is 32.0. The summed E-state index contributed by atoms with van der Waals surface area (Å²) in [6.07, 6.45) is 6.79. The molecule has 10 aromatic rings. The number of rotatable bonds is 7. The maximum absolute atomic E-state index is 6.42. The van der Waals surface area contributed by atoms with Crippen molar-refractivity contribution in [3.8, 4) is 44.5 Å². The van der Waals surface area contributed by atoms with Crippen LogP contribution in [-0.4, -0.2) is 0 Å². The quantitative estimate of drug-likeness (QED) is 0.162. The van der Waals surface area contributed by atoms with Crippen molar-refractivity contribution >= 4 is 55.8 Å². The molecule has 0 aliphatic heterocycles. The summed E-state index contributed by atoms with van der Waals surface area (Å²) in [5.41, 5.74) is 17.3. The van der Waals surface area contributed by atoms with Crippen molar-refractivity contribution in [3.63, 3.8) is 0 Å². The number of aryl methyl sites for hydroxylation is 1. The highest BCUT2D eigenvalue weighted by molar-refractivity contribution is 6.09. The SMILES string of the molecule is C1=Cc2cc(-c3ccc(-c4ccc(N(c5ccc(-c6cccc7c6oc6ccccc67)cc5)c5cccc(-c6cccc7ccccc67)c5)cc4)cc3)ccc2CC1. The van der Waals surface area contributed by atoms with Gasteiger partial charge in [0.2, 0.25) is 0 Å². The van der Waals surface area contributed by atoms with E-state index < -0.39 is 0 Å². The molecule has 274 valence electrons. The molecule has 2 heteroatoms. The molecule has 0 amide bonds. The molecule has 2 nitrogen and oxygen atoms in total. The molecule has 1 aliphatic carbocycles. The Hall–Kier alpha value is -7.42. The smallest absolute Gasteiger partial charge is 0.143 e. The number of fused-ring (bicyclic) bond motifs is 5. The first-order valence-electron chi connectivity index (χ1n) is 20.1. The largest absolute Gasteiger partial charge is 0.455 e. The van der Waals surface area contributed by atoms with Gasteiger partial charge in [-0.2, -0.15) is 0 Å². The molecule has 0 saturated carbocycles. The van der Waals surface area contributed by atoms with Crippen LogP contribution in [0.1, 0.15) is 17.5 Å². The lowest BCUT2D eigenvalue weighted by Gasteiger charge is -2.26. The van der Waals surface area contributed by atoms with Crippen molar-refractivity contribution in [1.29, 1.82) is 0 Å². The number of para-hydroxylation sites is 2. The molecule has 0 radical (unpaired) electrons. The Morgan fingerprint density at radius 3 is 1.81 bits per heavy atom. The molecule has 1 aliphatic rings. The van der Waals surface area contributed by atoms with E-state index in [0.717, 1.165) is 63.0 Å². The Balaban J connectivity index is 0.965. The fourth-order valence-electron chi connectivity index (χ4n) is 8.77. The van der Waals surface area contributed by atoms with Crippen LogP contribution >= 0.6 is 0 Å². The summed E-state index contributed by atoms with van der Waals surface area (Å²) in [5, 5.41) is 4.76. The van der Waals surface area contributed by atoms with Crippen LogP contribution in [0, 0.1) is 0 Å². The van der Waals surface area contributed by atoms with E-state index in [4.69, 9.17) is 4.42 Å². The van der Waals surface area contributed by atoms with Crippen LogP contribution in [0.2, 0.25) is 0 Å². The Kier molecular flexibility index (Phi) is 8.33. The topological polar surface area (TPSA) is 16.4 Å². The van der Waals surface area contributed by atoms with Crippen molar-refractivity contribution in [2.45, 2.75) is 12.8 Å². The highest BCUT2D eigenvalue weighted by atomic mass is 16.3. The maximum atomic E-state index is 6.42. The summed E-state index contributed by atoms with van der Waals surface area (Å²) in [6, 6.07) is 72.5. The summed E-state index contributed by atoms with van der Waals surface area (Å²) in [4.78, 5) is 2.36. The molecule has 0 unspecified atom stereocenters. The van der Waals surface area contributed by atoms with Crippen LogP contribution in [0.3, 0.4) is 0 Å². The van der Waals surface area contributed by atoms with E-state index in [-0.39, 0.29) is 0 Å². The zero-order valence-corrected chi connectivity index (χ0v) is 32.0. The van der Waals surface area contributed by atoms with Gasteiger partial charge in [-0.1, -0.05) is 164 Å². The van der Waals surface area contributed by atoms with E-state index >= 15 is 0 Å². The Labute approximate surface area is 338 Å². The lowest BCUT2D eigenvalue weighted by molar-refractivity contribution is 0.670. The van der Waals surface area contributed by atoms with Crippen molar-refractivity contribution in [2.24, 2.45) is 0 Å². The lowest BCUT2D eigenvalue weighted by atomic mass is 9.93. The van der Waals surface area contributed by atoms with Crippen LogP contribution < -0.4 is 4.90 Å². The molecule has 9 aromatic carbocycles. The molecule has 0 atom stereocenters. The molecule has 0 saturated heterocycles. The van der Waals surface area contributed by atoms with Crippen LogP contribution in [0.4, 0.5) is 17.1 Å². The van der Waals surface area contributed by atoms with Crippen molar-refractivity contribution < 1.29 is 4.42 Å². The molecule has 0 spiro atoms. The standard InChI is InChI=1S/C56H39NO/c1-2-12-44-36-45(27-26-38(44)10-1)41-24-22-39(23-25-41)40-28-32-47(33-29-40)57(49-15-7-14-46(37-49)51-18-8-13-42-11-3-4-16-50(42)51)48-34-30-43(31-35-48)52-19-9-20-54-53-17-5-6-21-55(53)58-56(52)54/h2-9,11-37H,1,10H2. The normalized spacial score (nSPS) is 12.3. The van der Waals surface area contributed by atoms with Crippen LogP contribution in [0.15, 0.2) is 211 Å². The second kappa shape index (κ2) is 14.3. The number of allylic oxidation sites excluding steroid dienone is 1. The van der Waals surface area contributed by atoms with Gasteiger partial charge in [0.15, 0.2) is 0 Å². The lowest BCUT2D eigenvalue weighted by Crippen LogP contribution is -2.10. The van der Waals surface area contributed by atoms with Gasteiger partial charge in [-0.3, -0.25) is 0 Å². The molecule has 1 heterocycles. The zero-order chi connectivity index (χ0) is 38.4. The molecule has 0 bridgehead atoms. The van der Waals surface area contributed by atoms with Gasteiger partial charge in [0.25, 0.3) is 0 Å². The predicted molar refractivity (Wildman–Crippen MR) is 245 cm³/mol. The number of furan rings is 1. The fourth-order valence-corrected chi connectivity index (χ4v) is 8.77. The minimum atomic E-state index is 0.908. The molecular formula is C56H39NO. The molecule has 0 N–H and O–H groups in total. The second-order valence-electron chi connectivity index (χ2n) is 15.2. The summed E-state index contributed by atoms with van der Waals surface area (Å²) in [7, 11) is 0. The molecular weight excluding hydrogens is 703 g/mol. The second-order valence-corrected chi connectivity index (χ2v) is 15.2. The molecule has 0 fully saturated rings. The average Bonchev–Trinajstić information content (AvgIpc) is 3.69. The third kappa shape index (κ3) is 6.07. The van der Waals surface area contributed by atoms with Gasteiger partial charge in [0.05, 0.1) is 0 Å². The van der Waals surface area contributed by atoms with Crippen molar-refractivity contribution in [3.05, 3.63) is 217 Å². The average molecular weight is 742 g/mol. The number of anilines is 3. The van der Waals surface area contributed by atoms with Gasteiger partial charge in [-0.05, 0) is 122 Å². The van der Waals surface area contributed by atoms with Gasteiger partial charge in [0.1, 0.15) is 11.2 Å². The van der Waals surface area contributed by atoms with E-state index in [1.165, 1.54) is 55.3 Å². The van der Waals surface area contributed by atoms with Gasteiger partial charge < -0.3 is 9.32 Å². The van der Waals surface area contributed by atoms with E-state index in [1.807, 2.05) is 12.1 Å². The van der Waals surface area contributed by atoms with Gasteiger partial charge in [-0.25, -0.2) is 0 Å². The molecule has 11 rings (SSSR count). The highest BCUT2D eigenvalue weighted by Crippen LogP contribution is 2.41. The van der Waals surface area contributed by atoms with E-state index in [9.17, 15) is 0 Å². The fraction of sp³-hybridized carbons (Fsp3) is 0.0357. The first kappa shape index (κ1) is 33.9. The Morgan fingerprint density at radius 2 is 1.00 bits per heavy atom. The predicted octanol–water partition coefficient (Wildman–Crippen LogP) is 15.8. The van der Waals surface area contributed by atoms with E-state index in [2.05, 4.69) is 205 Å². The minimum Gasteiger partial charge on any atom is -0.455 e. The van der Waals surface area contributed by atoms with Gasteiger partial charge >= 0.3 is 0 Å². The Morgan fingerprint density at radius 1 is 0.397 bits per heavy atom. The third-order valence-electron chi connectivity index (χ3n) is 11.7. The monoisotopic (exact) mass is 741 g/mol. The minimum absolute atomic E-state index is 0.908. The number of benzene rings is 9. The van der Waals surface area contributed by atoms with Gasteiger partial charge in [-0.15, -0.1) is 0 Å². The van der Waals surface area contributed by atoms with E-state index in [0.29, 0.717) is 0 Å². The third-order valence-corrected chi connectivity index (χ3v) is 11.7. The van der Waals surface area contributed by atoms with Crippen molar-refractivity contribution in [1.82, 2.24) is 0 Å². The maximum Gasteiger partial charge on any atom is 0.143 e. The number of nitrogens with zero attached hydrogens (tertiary/aromatic N) is 1. The van der Waals surface area contributed by atoms with Gasteiger partial charge in [0, 0.05) is 33.4 Å². The molecule has 58 heavy (non-hydrogen) atoms. The van der Waals surface area contributed by atoms with E-state index in [1.54, 1.807) is 0 Å². The van der Waals surface area contributed by atoms with Crippen LogP contribution in [-0.2, 0) is 6.42 Å². The number of hydrogen-bond donors (Lipinski definition) is 0. The Bertz CT molecular complexity index is 3140. The summed E-state index contributed by atoms with van der Waals surface area (Å²) < 4.78 is 6.42. The van der Waals surface area contributed by atoms with Crippen LogP contribution in [0.25, 0.3) is 83.3 Å². The van der Waals surface area contributed by atoms with Crippen molar-refractivity contribution in [2.75, 3.05) is 4.90 Å².